The minimum Gasteiger partial charge on any atom is -0.207 e. The van der Waals surface area contributed by atoms with Crippen LogP contribution in [0.15, 0.2) is 18.2 Å². The van der Waals surface area contributed by atoms with Crippen molar-refractivity contribution in [3.05, 3.63) is 34.8 Å². The fourth-order valence-electron chi connectivity index (χ4n) is 1.34. The first-order valence-corrected chi connectivity index (χ1v) is 6.39. The van der Waals surface area contributed by atoms with Crippen molar-refractivity contribution in [2.45, 2.75) is 12.8 Å². The lowest BCUT2D eigenvalue weighted by Gasteiger charge is -1.97. The molecule has 0 amide bonds. The van der Waals surface area contributed by atoms with Gasteiger partial charge in [-0.05, 0) is 24.6 Å². The third kappa shape index (κ3) is 2.98. The van der Waals surface area contributed by atoms with Gasteiger partial charge in [-0.2, -0.15) is 0 Å². The number of hydrogen-bond acceptors (Lipinski definition) is 3. The highest BCUT2D eigenvalue weighted by Crippen LogP contribution is 2.27. The largest absolute Gasteiger partial charge is 0.207 e. The highest BCUT2D eigenvalue weighted by Gasteiger charge is 2.12. The van der Waals surface area contributed by atoms with Gasteiger partial charge in [-0.25, -0.2) is 8.78 Å². The standard InChI is InChI=1S/C11H9ClF2N2S/c12-5-1-2-10-15-16-11(17-10)8-6-7(13)3-4-9(8)14/h3-4,6H,1-2,5H2. The Balaban J connectivity index is 2.27. The number of nitrogens with zero attached hydrogens (tertiary/aromatic N) is 2. The minimum absolute atomic E-state index is 0.152. The molecular formula is C11H9ClF2N2S. The van der Waals surface area contributed by atoms with Gasteiger partial charge in [0.05, 0.1) is 5.56 Å². The van der Waals surface area contributed by atoms with Crippen LogP contribution >= 0.6 is 22.9 Å². The lowest BCUT2D eigenvalue weighted by Crippen LogP contribution is -1.85. The van der Waals surface area contributed by atoms with Crippen LogP contribution in [0.4, 0.5) is 8.78 Å². The molecule has 0 atom stereocenters. The van der Waals surface area contributed by atoms with Crippen molar-refractivity contribution in [1.29, 1.82) is 0 Å². The molecule has 1 aromatic heterocycles. The van der Waals surface area contributed by atoms with Crippen LogP contribution in [0.3, 0.4) is 0 Å². The average Bonchev–Trinajstić information content (AvgIpc) is 2.78. The zero-order valence-corrected chi connectivity index (χ0v) is 10.4. The molecule has 0 aliphatic carbocycles. The predicted molar refractivity (Wildman–Crippen MR) is 64.3 cm³/mol. The topological polar surface area (TPSA) is 25.8 Å². The van der Waals surface area contributed by atoms with Crippen molar-refractivity contribution in [2.24, 2.45) is 0 Å². The van der Waals surface area contributed by atoms with Gasteiger partial charge in [0.2, 0.25) is 0 Å². The molecule has 1 heterocycles. The molecule has 0 spiro atoms. The van der Waals surface area contributed by atoms with Crippen LogP contribution in [0, 0.1) is 11.6 Å². The molecule has 0 N–H and O–H groups in total. The van der Waals surface area contributed by atoms with Crippen LogP contribution in [-0.4, -0.2) is 16.1 Å². The first kappa shape index (κ1) is 12.4. The Morgan fingerprint density at radius 3 is 2.82 bits per heavy atom. The van der Waals surface area contributed by atoms with Crippen LogP contribution in [0.25, 0.3) is 10.6 Å². The first-order chi connectivity index (χ1) is 8.20. The van der Waals surface area contributed by atoms with Crippen molar-refractivity contribution >= 4 is 22.9 Å². The van der Waals surface area contributed by atoms with E-state index in [1.165, 1.54) is 11.3 Å². The Morgan fingerprint density at radius 1 is 1.24 bits per heavy atom. The summed E-state index contributed by atoms with van der Waals surface area (Å²) in [7, 11) is 0. The predicted octanol–water partition coefficient (Wildman–Crippen LogP) is 3.65. The molecule has 90 valence electrons. The van der Waals surface area contributed by atoms with Gasteiger partial charge in [0, 0.05) is 12.3 Å². The zero-order valence-electron chi connectivity index (χ0n) is 8.79. The van der Waals surface area contributed by atoms with E-state index in [1.807, 2.05) is 0 Å². The molecule has 0 saturated heterocycles. The Kier molecular flexibility index (Phi) is 4.02. The van der Waals surface area contributed by atoms with Gasteiger partial charge < -0.3 is 0 Å². The Bertz CT molecular complexity index is 516. The summed E-state index contributed by atoms with van der Waals surface area (Å²) < 4.78 is 26.5. The van der Waals surface area contributed by atoms with Crippen LogP contribution < -0.4 is 0 Å². The van der Waals surface area contributed by atoms with E-state index in [-0.39, 0.29) is 5.56 Å². The maximum absolute atomic E-state index is 13.5. The molecule has 0 bridgehead atoms. The summed E-state index contributed by atoms with van der Waals surface area (Å²) in [5.74, 6) is -0.436. The Morgan fingerprint density at radius 2 is 2.06 bits per heavy atom. The fourth-order valence-corrected chi connectivity index (χ4v) is 2.38. The SMILES string of the molecule is Fc1ccc(F)c(-c2nnc(CCCCl)s2)c1. The first-order valence-electron chi connectivity index (χ1n) is 5.04. The van der Waals surface area contributed by atoms with Crippen molar-refractivity contribution in [3.8, 4) is 10.6 Å². The lowest BCUT2D eigenvalue weighted by atomic mass is 10.2. The molecule has 1 aromatic carbocycles. The molecule has 2 aromatic rings. The van der Waals surface area contributed by atoms with Crippen LogP contribution in [0.2, 0.25) is 0 Å². The number of aromatic nitrogens is 2. The molecular weight excluding hydrogens is 266 g/mol. The molecule has 2 rings (SSSR count). The summed E-state index contributed by atoms with van der Waals surface area (Å²) >= 11 is 6.83. The third-order valence-corrected chi connectivity index (χ3v) is 3.43. The van der Waals surface area contributed by atoms with E-state index in [2.05, 4.69) is 10.2 Å². The molecule has 0 unspecified atom stereocenters. The van der Waals surface area contributed by atoms with Crippen molar-refractivity contribution in [1.82, 2.24) is 10.2 Å². The number of halogens is 3. The van der Waals surface area contributed by atoms with E-state index >= 15 is 0 Å². The molecule has 0 saturated carbocycles. The quantitative estimate of drug-likeness (QED) is 0.795. The molecule has 0 aliphatic heterocycles. The number of aryl methyl sites for hydroxylation is 1. The van der Waals surface area contributed by atoms with Gasteiger partial charge in [-0.15, -0.1) is 21.8 Å². The second-order valence-corrected chi connectivity index (χ2v) is 4.86. The number of rotatable bonds is 4. The second kappa shape index (κ2) is 5.51. The van der Waals surface area contributed by atoms with Gasteiger partial charge in [-0.1, -0.05) is 11.3 Å². The summed E-state index contributed by atoms with van der Waals surface area (Å²) in [5, 5.41) is 8.96. The molecule has 2 nitrogen and oxygen atoms in total. The molecule has 6 heteroatoms. The minimum atomic E-state index is -0.494. The molecule has 0 aliphatic rings. The second-order valence-electron chi connectivity index (χ2n) is 3.42. The monoisotopic (exact) mass is 274 g/mol. The number of alkyl halides is 1. The highest BCUT2D eigenvalue weighted by atomic mass is 35.5. The maximum Gasteiger partial charge on any atom is 0.150 e. The van der Waals surface area contributed by atoms with Gasteiger partial charge in [0.15, 0.2) is 5.01 Å². The van der Waals surface area contributed by atoms with E-state index in [4.69, 9.17) is 11.6 Å². The van der Waals surface area contributed by atoms with Gasteiger partial charge in [0.25, 0.3) is 0 Å². The summed E-state index contributed by atoms with van der Waals surface area (Å²) in [6.07, 6.45) is 1.50. The number of hydrogen-bond donors (Lipinski definition) is 0. The Hall–Kier alpha value is -1.07. The van der Waals surface area contributed by atoms with Crippen molar-refractivity contribution in [3.63, 3.8) is 0 Å². The maximum atomic E-state index is 13.5. The van der Waals surface area contributed by atoms with Crippen LogP contribution in [0.5, 0.6) is 0 Å². The smallest absolute Gasteiger partial charge is 0.150 e. The third-order valence-electron chi connectivity index (χ3n) is 2.15. The summed E-state index contributed by atoms with van der Waals surface area (Å²) in [6.45, 7) is 0. The molecule has 0 radical (unpaired) electrons. The summed E-state index contributed by atoms with van der Waals surface area (Å²) in [6, 6.07) is 3.29. The molecule has 0 fully saturated rings. The van der Waals surface area contributed by atoms with Gasteiger partial charge in [-0.3, -0.25) is 0 Å². The highest BCUT2D eigenvalue weighted by molar-refractivity contribution is 7.14. The van der Waals surface area contributed by atoms with Gasteiger partial charge in [0.1, 0.15) is 16.6 Å². The van der Waals surface area contributed by atoms with Crippen molar-refractivity contribution in [2.75, 3.05) is 5.88 Å². The van der Waals surface area contributed by atoms with Crippen LogP contribution in [0.1, 0.15) is 11.4 Å². The zero-order chi connectivity index (χ0) is 12.3. The number of benzene rings is 1. The molecule has 17 heavy (non-hydrogen) atoms. The lowest BCUT2D eigenvalue weighted by molar-refractivity contribution is 0.603. The fraction of sp³-hybridized carbons (Fsp3) is 0.273. The van der Waals surface area contributed by atoms with E-state index in [1.54, 1.807) is 0 Å². The van der Waals surface area contributed by atoms with Crippen molar-refractivity contribution < 1.29 is 8.78 Å². The normalized spacial score (nSPS) is 10.8. The summed E-state index contributed by atoms with van der Waals surface area (Å²) in [5.41, 5.74) is 0.152. The van der Waals surface area contributed by atoms with Gasteiger partial charge >= 0.3 is 0 Å². The average molecular weight is 275 g/mol. The summed E-state index contributed by atoms with van der Waals surface area (Å²) in [4.78, 5) is 0. The Labute approximate surface area is 106 Å². The van der Waals surface area contributed by atoms with E-state index in [9.17, 15) is 8.78 Å². The van der Waals surface area contributed by atoms with Crippen LogP contribution in [-0.2, 0) is 6.42 Å². The van der Waals surface area contributed by atoms with E-state index in [0.29, 0.717) is 17.3 Å². The van der Waals surface area contributed by atoms with E-state index in [0.717, 1.165) is 29.6 Å². The van der Waals surface area contributed by atoms with E-state index < -0.39 is 11.6 Å².